The Hall–Kier alpha value is -1.24. The van der Waals surface area contributed by atoms with E-state index in [0.717, 1.165) is 12.1 Å². The molecule has 2 rings (SSSR count). The van der Waals surface area contributed by atoms with Crippen LogP contribution in [-0.2, 0) is 12.1 Å². The maximum atomic E-state index is 13.8. The maximum absolute atomic E-state index is 13.8. The van der Waals surface area contributed by atoms with Crippen molar-refractivity contribution in [2.75, 3.05) is 0 Å². The molecule has 8 heteroatoms. The van der Waals surface area contributed by atoms with Gasteiger partial charge in [-0.25, -0.2) is 18.4 Å². The first-order valence-corrected chi connectivity index (χ1v) is 6.05. The van der Waals surface area contributed by atoms with Crippen molar-refractivity contribution < 1.29 is 13.9 Å². The molecule has 0 aliphatic heterocycles. The fourth-order valence-corrected chi connectivity index (χ4v) is 2.01. The lowest BCUT2D eigenvalue weighted by atomic mass is 9.90. The zero-order valence-corrected chi connectivity index (χ0v) is 12.1. The van der Waals surface area contributed by atoms with E-state index in [-0.39, 0.29) is 36.2 Å². The Morgan fingerprint density at radius 1 is 1.40 bits per heavy atom. The van der Waals surface area contributed by atoms with Crippen LogP contribution in [0.5, 0.6) is 0 Å². The van der Waals surface area contributed by atoms with Gasteiger partial charge in [0.25, 0.3) is 0 Å². The molecule has 110 valence electrons. The van der Waals surface area contributed by atoms with Crippen molar-refractivity contribution in [3.8, 4) is 0 Å². The maximum Gasteiger partial charge on any atom is 0.242 e. The molecule has 0 saturated heterocycles. The number of hydrogen-bond acceptors (Lipinski definition) is 3. The molecular weight excluding hydrogens is 311 g/mol. The highest BCUT2D eigenvalue weighted by molar-refractivity contribution is 6.28. The number of aromatic nitrogens is 3. The van der Waals surface area contributed by atoms with Crippen molar-refractivity contribution in [2.45, 2.75) is 25.5 Å². The molecule has 1 unspecified atom stereocenters. The van der Waals surface area contributed by atoms with Gasteiger partial charge in [-0.15, -0.1) is 17.5 Å². The summed E-state index contributed by atoms with van der Waals surface area (Å²) in [6, 6.07) is 3.07. The molecule has 4 nitrogen and oxygen atoms in total. The van der Waals surface area contributed by atoms with Crippen LogP contribution >= 0.6 is 24.0 Å². The van der Waals surface area contributed by atoms with Gasteiger partial charge in [0.2, 0.25) is 5.28 Å². The van der Waals surface area contributed by atoms with Gasteiger partial charge in [0.1, 0.15) is 23.6 Å². The van der Waals surface area contributed by atoms with Crippen LogP contribution < -0.4 is 0 Å². The van der Waals surface area contributed by atoms with Gasteiger partial charge in [0, 0.05) is 11.6 Å². The summed E-state index contributed by atoms with van der Waals surface area (Å²) in [5.41, 5.74) is -1.49. The average Bonchev–Trinajstić information content (AvgIpc) is 2.74. The van der Waals surface area contributed by atoms with E-state index in [0.29, 0.717) is 0 Å². The van der Waals surface area contributed by atoms with Gasteiger partial charge in [-0.1, -0.05) is 13.0 Å². The number of nitrogens with zero attached hydrogens (tertiary/aromatic N) is 3. The normalized spacial score (nSPS) is 13.7. The van der Waals surface area contributed by atoms with E-state index in [1.54, 1.807) is 6.92 Å². The number of halogens is 4. The van der Waals surface area contributed by atoms with Crippen molar-refractivity contribution in [3.05, 3.63) is 47.0 Å². The van der Waals surface area contributed by atoms with Crippen LogP contribution in [0.1, 0.15) is 18.9 Å². The summed E-state index contributed by atoms with van der Waals surface area (Å²) in [6.45, 7) is 1.67. The van der Waals surface area contributed by atoms with E-state index < -0.39 is 17.2 Å². The van der Waals surface area contributed by atoms with Gasteiger partial charge in [0.05, 0.1) is 6.54 Å². The highest BCUT2D eigenvalue weighted by Gasteiger charge is 2.31. The summed E-state index contributed by atoms with van der Waals surface area (Å²) in [4.78, 5) is 3.72. The van der Waals surface area contributed by atoms with E-state index in [1.165, 1.54) is 17.1 Å². The lowest BCUT2D eigenvalue weighted by Gasteiger charge is -2.27. The van der Waals surface area contributed by atoms with E-state index in [4.69, 9.17) is 11.6 Å². The molecule has 2 aromatic rings. The smallest absolute Gasteiger partial charge is 0.242 e. The Morgan fingerprint density at radius 2 is 2.10 bits per heavy atom. The van der Waals surface area contributed by atoms with Crippen LogP contribution in [0.25, 0.3) is 0 Å². The van der Waals surface area contributed by atoms with E-state index in [1.807, 2.05) is 0 Å². The predicted octanol–water partition coefficient (Wildman–Crippen LogP) is 2.93. The summed E-state index contributed by atoms with van der Waals surface area (Å²) < 4.78 is 28.0. The highest BCUT2D eigenvalue weighted by Crippen LogP contribution is 2.29. The largest absolute Gasteiger partial charge is 0.383 e. The van der Waals surface area contributed by atoms with Crippen LogP contribution in [0.15, 0.2) is 24.5 Å². The van der Waals surface area contributed by atoms with E-state index >= 15 is 0 Å². The lowest BCUT2D eigenvalue weighted by molar-refractivity contribution is 0.00758. The quantitative estimate of drug-likeness (QED) is 0.941. The molecule has 0 spiro atoms. The first-order valence-electron chi connectivity index (χ1n) is 5.67. The summed E-state index contributed by atoms with van der Waals surface area (Å²) in [5, 5.41) is 14.4. The van der Waals surface area contributed by atoms with Gasteiger partial charge >= 0.3 is 0 Å². The third-order valence-electron chi connectivity index (χ3n) is 2.95. The minimum atomic E-state index is -1.51. The SMILES string of the molecule is CCC(O)(Cn1cnc(Cl)n1)c1ccc(F)cc1F.Cl. The topological polar surface area (TPSA) is 50.9 Å². The molecule has 1 heterocycles. The number of aliphatic hydroxyl groups is 1. The number of hydrogen-bond donors (Lipinski definition) is 1. The number of rotatable bonds is 4. The monoisotopic (exact) mass is 323 g/mol. The van der Waals surface area contributed by atoms with E-state index in [2.05, 4.69) is 10.1 Å². The molecular formula is C12H13Cl2F2N3O. The molecule has 1 aromatic heterocycles. The molecule has 1 N–H and O–H groups in total. The highest BCUT2D eigenvalue weighted by atomic mass is 35.5. The van der Waals surface area contributed by atoms with Crippen LogP contribution in [0, 0.1) is 11.6 Å². The first kappa shape index (κ1) is 16.8. The van der Waals surface area contributed by atoms with Crippen LogP contribution in [-0.4, -0.2) is 19.9 Å². The fraction of sp³-hybridized carbons (Fsp3) is 0.333. The van der Waals surface area contributed by atoms with Crippen LogP contribution in [0.3, 0.4) is 0 Å². The van der Waals surface area contributed by atoms with Crippen molar-refractivity contribution in [1.29, 1.82) is 0 Å². The van der Waals surface area contributed by atoms with Gasteiger partial charge in [-0.2, -0.15) is 0 Å². The molecule has 0 bridgehead atoms. The molecule has 20 heavy (non-hydrogen) atoms. The molecule has 0 fully saturated rings. The standard InChI is InChI=1S/C12H12ClF2N3O.ClH/c1-2-12(19,6-18-7-16-11(13)17-18)9-4-3-8(14)5-10(9)15;/h3-5,7,19H,2,6H2,1H3;1H. The minimum Gasteiger partial charge on any atom is -0.383 e. The van der Waals surface area contributed by atoms with Crippen molar-refractivity contribution in [2.24, 2.45) is 0 Å². The zero-order chi connectivity index (χ0) is 14.0. The molecule has 0 amide bonds. The Labute approximate surface area is 125 Å². The third kappa shape index (κ3) is 3.45. The molecule has 0 aliphatic rings. The summed E-state index contributed by atoms with van der Waals surface area (Å²) in [7, 11) is 0. The average molecular weight is 324 g/mol. The Kier molecular flexibility index (Phi) is 5.44. The Bertz CT molecular complexity index is 594. The Morgan fingerprint density at radius 3 is 2.60 bits per heavy atom. The van der Waals surface area contributed by atoms with Gasteiger partial charge in [0.15, 0.2) is 0 Å². The zero-order valence-electron chi connectivity index (χ0n) is 10.6. The molecule has 0 radical (unpaired) electrons. The van der Waals surface area contributed by atoms with Crippen molar-refractivity contribution >= 4 is 24.0 Å². The Balaban J connectivity index is 0.00000200. The summed E-state index contributed by atoms with van der Waals surface area (Å²) in [6.07, 6.45) is 1.57. The predicted molar refractivity (Wildman–Crippen MR) is 72.8 cm³/mol. The molecule has 1 atom stereocenters. The van der Waals surface area contributed by atoms with Gasteiger partial charge in [-0.05, 0) is 24.1 Å². The minimum absolute atomic E-state index is 0. The lowest BCUT2D eigenvalue weighted by Crippen LogP contribution is -2.32. The second-order valence-corrected chi connectivity index (χ2v) is 4.56. The second-order valence-electron chi connectivity index (χ2n) is 4.22. The molecule has 0 aliphatic carbocycles. The number of benzene rings is 1. The molecule has 0 saturated carbocycles. The van der Waals surface area contributed by atoms with Crippen molar-refractivity contribution in [1.82, 2.24) is 14.8 Å². The summed E-state index contributed by atoms with van der Waals surface area (Å²) in [5.74, 6) is -1.49. The second kappa shape index (κ2) is 6.47. The third-order valence-corrected chi connectivity index (χ3v) is 3.12. The molecule has 1 aromatic carbocycles. The van der Waals surface area contributed by atoms with Gasteiger partial charge in [-0.3, -0.25) is 0 Å². The van der Waals surface area contributed by atoms with Crippen LogP contribution in [0.4, 0.5) is 8.78 Å². The van der Waals surface area contributed by atoms with E-state index in [9.17, 15) is 13.9 Å². The summed E-state index contributed by atoms with van der Waals surface area (Å²) >= 11 is 5.58. The first-order chi connectivity index (χ1) is 8.94. The fourth-order valence-electron chi connectivity index (χ4n) is 1.87. The van der Waals surface area contributed by atoms with Gasteiger partial charge < -0.3 is 5.11 Å². The van der Waals surface area contributed by atoms with Crippen LogP contribution in [0.2, 0.25) is 5.28 Å². The van der Waals surface area contributed by atoms with Crippen molar-refractivity contribution in [3.63, 3.8) is 0 Å².